The second-order valence-corrected chi connectivity index (χ2v) is 7.76. The number of furan rings is 1. The van der Waals surface area contributed by atoms with Gasteiger partial charge in [-0.15, -0.1) is 0 Å². The lowest BCUT2D eigenvalue weighted by molar-refractivity contribution is -0.111. The number of amides is 1. The first-order valence-electron chi connectivity index (χ1n) is 8.88. The van der Waals surface area contributed by atoms with Gasteiger partial charge in [-0.2, -0.15) is 0 Å². The third-order valence-electron chi connectivity index (χ3n) is 4.71. The van der Waals surface area contributed by atoms with Crippen LogP contribution < -0.4 is 10.1 Å². The number of rotatable bonds is 4. The number of aryl methyl sites for hydroxylation is 2. The Hall–Kier alpha value is -3.12. The summed E-state index contributed by atoms with van der Waals surface area (Å²) in [7, 11) is 1.61. The van der Waals surface area contributed by atoms with Crippen LogP contribution in [-0.4, -0.2) is 18.0 Å². The summed E-state index contributed by atoms with van der Waals surface area (Å²) in [4.78, 5) is 17.1. The third-order valence-corrected chi connectivity index (χ3v) is 5.65. The predicted molar refractivity (Wildman–Crippen MR) is 114 cm³/mol. The maximum Gasteiger partial charge on any atom is 0.250 e. The summed E-state index contributed by atoms with van der Waals surface area (Å²) in [5.41, 5.74) is 5.48. The molecule has 0 saturated carbocycles. The molecule has 1 N–H and O–H groups in total. The van der Waals surface area contributed by atoms with Gasteiger partial charge in [-0.1, -0.05) is 23.5 Å². The van der Waals surface area contributed by atoms with Crippen molar-refractivity contribution in [3.63, 3.8) is 0 Å². The summed E-state index contributed by atoms with van der Waals surface area (Å²) in [6, 6.07) is 9.85. The number of nitrogens with one attached hydrogen (secondary N) is 1. The van der Waals surface area contributed by atoms with Crippen molar-refractivity contribution < 1.29 is 13.9 Å². The SMILES string of the molecule is COc1cc2occ(C)c2cc1/C(C)=C/C(=O)Nc1nc2c(C)cccc2s1. The lowest BCUT2D eigenvalue weighted by Crippen LogP contribution is -2.08. The maximum atomic E-state index is 12.6. The van der Waals surface area contributed by atoms with Gasteiger partial charge in [-0.3, -0.25) is 10.1 Å². The first kappa shape index (κ1) is 18.3. The summed E-state index contributed by atoms with van der Waals surface area (Å²) < 4.78 is 12.1. The summed E-state index contributed by atoms with van der Waals surface area (Å²) in [5, 5.41) is 4.47. The number of methoxy groups -OCH3 is 1. The van der Waals surface area contributed by atoms with Crippen LogP contribution in [0.4, 0.5) is 5.13 Å². The van der Waals surface area contributed by atoms with Gasteiger partial charge in [-0.25, -0.2) is 4.98 Å². The molecule has 0 spiro atoms. The van der Waals surface area contributed by atoms with E-state index in [1.807, 2.05) is 51.1 Å². The minimum atomic E-state index is -0.222. The van der Waals surface area contributed by atoms with Crippen molar-refractivity contribution in [2.45, 2.75) is 20.8 Å². The van der Waals surface area contributed by atoms with Gasteiger partial charge in [0.15, 0.2) is 5.13 Å². The standard InChI is InChI=1S/C22H20N2O3S/c1-12-6-5-7-19-21(12)24-22(28-19)23-20(25)8-13(2)15-9-16-14(3)11-27-18(16)10-17(15)26-4/h5-11H,1-4H3,(H,23,24,25)/b13-8+. The van der Waals surface area contributed by atoms with Crippen molar-refractivity contribution in [3.05, 3.63) is 59.4 Å². The molecule has 0 fully saturated rings. The van der Waals surface area contributed by atoms with E-state index in [2.05, 4.69) is 10.3 Å². The number of nitrogens with zero attached hydrogens (tertiary/aromatic N) is 1. The van der Waals surface area contributed by atoms with E-state index in [1.165, 1.54) is 11.3 Å². The largest absolute Gasteiger partial charge is 0.496 e. The van der Waals surface area contributed by atoms with Crippen molar-refractivity contribution in [1.29, 1.82) is 0 Å². The zero-order valence-electron chi connectivity index (χ0n) is 16.1. The Morgan fingerprint density at radius 3 is 2.82 bits per heavy atom. The molecule has 0 radical (unpaired) electrons. The minimum Gasteiger partial charge on any atom is -0.496 e. The van der Waals surface area contributed by atoms with Crippen molar-refractivity contribution >= 4 is 49.1 Å². The Bertz CT molecular complexity index is 1230. The molecular formula is C22H20N2O3S. The van der Waals surface area contributed by atoms with Crippen LogP contribution >= 0.6 is 11.3 Å². The van der Waals surface area contributed by atoms with Gasteiger partial charge < -0.3 is 9.15 Å². The van der Waals surface area contributed by atoms with Crippen molar-refractivity contribution in [2.75, 3.05) is 12.4 Å². The Kier molecular flexibility index (Phi) is 4.65. The highest BCUT2D eigenvalue weighted by Gasteiger charge is 2.13. The van der Waals surface area contributed by atoms with Gasteiger partial charge in [0.05, 0.1) is 23.6 Å². The number of anilines is 1. The topological polar surface area (TPSA) is 64.4 Å². The van der Waals surface area contributed by atoms with E-state index < -0.39 is 0 Å². The Labute approximate surface area is 166 Å². The van der Waals surface area contributed by atoms with E-state index in [9.17, 15) is 4.79 Å². The van der Waals surface area contributed by atoms with Gasteiger partial charge in [0, 0.05) is 23.1 Å². The number of carbonyl (C=O) groups excluding carboxylic acids is 1. The van der Waals surface area contributed by atoms with Crippen LogP contribution in [0.2, 0.25) is 0 Å². The van der Waals surface area contributed by atoms with Gasteiger partial charge >= 0.3 is 0 Å². The van der Waals surface area contributed by atoms with E-state index in [-0.39, 0.29) is 5.91 Å². The van der Waals surface area contributed by atoms with Crippen molar-refractivity contribution in [3.8, 4) is 5.75 Å². The molecule has 2 aromatic heterocycles. The second-order valence-electron chi connectivity index (χ2n) is 6.72. The Morgan fingerprint density at radius 1 is 1.25 bits per heavy atom. The minimum absolute atomic E-state index is 0.222. The van der Waals surface area contributed by atoms with E-state index in [4.69, 9.17) is 9.15 Å². The molecule has 0 bridgehead atoms. The first-order valence-corrected chi connectivity index (χ1v) is 9.69. The molecule has 2 aromatic carbocycles. The van der Waals surface area contributed by atoms with Crippen LogP contribution in [0, 0.1) is 13.8 Å². The Balaban J connectivity index is 1.64. The molecule has 0 aliphatic heterocycles. The third kappa shape index (κ3) is 3.27. The average Bonchev–Trinajstić information content (AvgIpc) is 3.24. The highest BCUT2D eigenvalue weighted by molar-refractivity contribution is 7.22. The number of benzene rings is 2. The van der Waals surface area contributed by atoms with Crippen molar-refractivity contribution in [2.24, 2.45) is 0 Å². The molecule has 0 saturated heterocycles. The van der Waals surface area contributed by atoms with E-state index in [0.29, 0.717) is 10.9 Å². The number of ether oxygens (including phenoxy) is 1. The van der Waals surface area contributed by atoms with Crippen molar-refractivity contribution in [1.82, 2.24) is 4.98 Å². The quantitative estimate of drug-likeness (QED) is 0.452. The fourth-order valence-corrected chi connectivity index (χ4v) is 4.16. The second kappa shape index (κ2) is 7.13. The molecule has 28 heavy (non-hydrogen) atoms. The lowest BCUT2D eigenvalue weighted by Gasteiger charge is -2.09. The number of allylic oxidation sites excluding steroid dienone is 1. The number of aromatic nitrogens is 1. The van der Waals surface area contributed by atoms with E-state index in [0.717, 1.165) is 43.4 Å². The molecule has 0 aliphatic rings. The monoisotopic (exact) mass is 392 g/mol. The summed E-state index contributed by atoms with van der Waals surface area (Å²) in [6.45, 7) is 5.89. The molecule has 1 amide bonds. The zero-order chi connectivity index (χ0) is 19.8. The molecule has 6 heteroatoms. The van der Waals surface area contributed by atoms with Crippen LogP contribution in [0.25, 0.3) is 26.8 Å². The Morgan fingerprint density at radius 2 is 2.07 bits per heavy atom. The van der Waals surface area contributed by atoms with Crippen LogP contribution in [0.1, 0.15) is 23.6 Å². The van der Waals surface area contributed by atoms with Crippen LogP contribution in [0.15, 0.2) is 47.1 Å². The summed E-state index contributed by atoms with van der Waals surface area (Å²) >= 11 is 1.47. The molecule has 5 nitrogen and oxygen atoms in total. The number of para-hydroxylation sites is 1. The fraction of sp³-hybridized carbons (Fsp3) is 0.182. The molecule has 0 unspecified atom stereocenters. The summed E-state index contributed by atoms with van der Waals surface area (Å²) in [6.07, 6.45) is 3.28. The number of thiazole rings is 1. The average molecular weight is 392 g/mol. The highest BCUT2D eigenvalue weighted by atomic mass is 32.1. The van der Waals surface area contributed by atoms with E-state index in [1.54, 1.807) is 19.4 Å². The van der Waals surface area contributed by atoms with Gasteiger partial charge in [0.1, 0.15) is 11.3 Å². The molecule has 4 rings (SSSR count). The zero-order valence-corrected chi connectivity index (χ0v) is 16.9. The molecule has 0 atom stereocenters. The van der Waals surface area contributed by atoms with Gasteiger partial charge in [-0.05, 0) is 49.6 Å². The van der Waals surface area contributed by atoms with Crippen LogP contribution in [-0.2, 0) is 4.79 Å². The van der Waals surface area contributed by atoms with Crippen LogP contribution in [0.5, 0.6) is 5.75 Å². The lowest BCUT2D eigenvalue weighted by atomic mass is 10.0. The fourth-order valence-electron chi connectivity index (χ4n) is 3.21. The molecule has 142 valence electrons. The smallest absolute Gasteiger partial charge is 0.250 e. The summed E-state index contributed by atoms with van der Waals surface area (Å²) in [5.74, 6) is 0.444. The van der Waals surface area contributed by atoms with Crippen LogP contribution in [0.3, 0.4) is 0 Å². The first-order chi connectivity index (χ1) is 13.5. The number of hydrogen-bond acceptors (Lipinski definition) is 5. The molecule has 4 aromatic rings. The normalized spacial score (nSPS) is 11.9. The predicted octanol–water partition coefficient (Wildman–Crippen LogP) is 5.71. The molecular weight excluding hydrogens is 372 g/mol. The number of hydrogen-bond donors (Lipinski definition) is 1. The highest BCUT2D eigenvalue weighted by Crippen LogP contribution is 2.33. The van der Waals surface area contributed by atoms with Gasteiger partial charge in [0.25, 0.3) is 0 Å². The maximum absolute atomic E-state index is 12.6. The number of carbonyl (C=O) groups is 1. The number of fused-ring (bicyclic) bond motifs is 2. The van der Waals surface area contributed by atoms with E-state index >= 15 is 0 Å². The van der Waals surface area contributed by atoms with Gasteiger partial charge in [0.2, 0.25) is 5.91 Å². The molecule has 2 heterocycles. The molecule has 0 aliphatic carbocycles.